The van der Waals surface area contributed by atoms with E-state index in [9.17, 15) is 13.2 Å². The standard InChI is InChI=1S/C17H15F3N4O2/c1-25-12-7-6-11-13(14(12)26-2)23-16(17(18,19)20)24-15(11)22-9-10-5-3-4-8-21-10/h3-8H,9H2,1-2H3,(H,22,23,24). The zero-order valence-electron chi connectivity index (χ0n) is 14.0. The second kappa shape index (κ2) is 7.03. The summed E-state index contributed by atoms with van der Waals surface area (Å²) in [7, 11) is 2.74. The van der Waals surface area contributed by atoms with Gasteiger partial charge >= 0.3 is 6.18 Å². The molecule has 0 unspecified atom stereocenters. The number of anilines is 1. The van der Waals surface area contributed by atoms with Gasteiger partial charge in [-0.25, -0.2) is 9.97 Å². The van der Waals surface area contributed by atoms with E-state index in [2.05, 4.69) is 20.3 Å². The van der Waals surface area contributed by atoms with Crippen LogP contribution in [0.5, 0.6) is 11.5 Å². The largest absolute Gasteiger partial charge is 0.493 e. The minimum atomic E-state index is -4.70. The molecule has 2 heterocycles. The van der Waals surface area contributed by atoms with Crippen molar-refractivity contribution in [2.75, 3.05) is 19.5 Å². The van der Waals surface area contributed by atoms with Gasteiger partial charge < -0.3 is 14.8 Å². The summed E-state index contributed by atoms with van der Waals surface area (Å²) in [6.45, 7) is 0.207. The molecular formula is C17H15F3N4O2. The average Bonchev–Trinajstić information content (AvgIpc) is 2.64. The van der Waals surface area contributed by atoms with Crippen LogP contribution in [-0.2, 0) is 12.7 Å². The maximum atomic E-state index is 13.2. The summed E-state index contributed by atoms with van der Waals surface area (Å²) < 4.78 is 50.1. The summed E-state index contributed by atoms with van der Waals surface area (Å²) in [5.41, 5.74) is 0.672. The monoisotopic (exact) mass is 364 g/mol. The smallest absolute Gasteiger partial charge is 0.451 e. The number of nitrogens with zero attached hydrogens (tertiary/aromatic N) is 3. The van der Waals surface area contributed by atoms with Gasteiger partial charge in [-0.3, -0.25) is 4.98 Å². The molecule has 0 saturated carbocycles. The molecule has 136 valence electrons. The summed E-state index contributed by atoms with van der Waals surface area (Å²) >= 11 is 0. The van der Waals surface area contributed by atoms with Gasteiger partial charge in [0.05, 0.1) is 26.5 Å². The number of pyridine rings is 1. The van der Waals surface area contributed by atoms with Crippen molar-refractivity contribution < 1.29 is 22.6 Å². The number of aromatic nitrogens is 3. The van der Waals surface area contributed by atoms with E-state index in [1.807, 2.05) is 0 Å². The molecule has 0 saturated heterocycles. The Morgan fingerprint density at radius 2 is 1.85 bits per heavy atom. The first-order valence-corrected chi connectivity index (χ1v) is 7.57. The fourth-order valence-corrected chi connectivity index (χ4v) is 2.45. The second-order valence-electron chi connectivity index (χ2n) is 5.27. The lowest BCUT2D eigenvalue weighted by atomic mass is 10.2. The summed E-state index contributed by atoms with van der Waals surface area (Å²) in [4.78, 5) is 11.4. The van der Waals surface area contributed by atoms with E-state index in [1.165, 1.54) is 14.2 Å². The lowest BCUT2D eigenvalue weighted by molar-refractivity contribution is -0.144. The minimum absolute atomic E-state index is 0.0118. The zero-order valence-corrected chi connectivity index (χ0v) is 14.0. The van der Waals surface area contributed by atoms with Crippen LogP contribution < -0.4 is 14.8 Å². The van der Waals surface area contributed by atoms with Crippen molar-refractivity contribution in [3.8, 4) is 11.5 Å². The van der Waals surface area contributed by atoms with Crippen LogP contribution in [0.1, 0.15) is 11.5 Å². The molecule has 0 amide bonds. The Morgan fingerprint density at radius 1 is 1.04 bits per heavy atom. The average molecular weight is 364 g/mol. The zero-order chi connectivity index (χ0) is 18.7. The third kappa shape index (κ3) is 3.46. The van der Waals surface area contributed by atoms with Gasteiger partial charge in [-0.1, -0.05) is 6.07 Å². The Morgan fingerprint density at radius 3 is 2.46 bits per heavy atom. The highest BCUT2D eigenvalue weighted by molar-refractivity contribution is 5.95. The number of alkyl halides is 3. The number of halogens is 3. The van der Waals surface area contributed by atoms with E-state index in [-0.39, 0.29) is 29.4 Å². The van der Waals surface area contributed by atoms with Gasteiger partial charge in [0.25, 0.3) is 0 Å². The van der Waals surface area contributed by atoms with Gasteiger partial charge in [-0.15, -0.1) is 0 Å². The molecular weight excluding hydrogens is 349 g/mol. The number of ether oxygens (including phenoxy) is 2. The van der Waals surface area contributed by atoms with Crippen LogP contribution in [0.2, 0.25) is 0 Å². The summed E-state index contributed by atoms with van der Waals surface area (Å²) in [5.74, 6) is -0.838. The second-order valence-corrected chi connectivity index (χ2v) is 5.27. The Labute approximate surface area is 147 Å². The number of benzene rings is 1. The van der Waals surface area contributed by atoms with Crippen molar-refractivity contribution in [2.45, 2.75) is 12.7 Å². The third-order valence-corrected chi connectivity index (χ3v) is 3.63. The molecule has 0 atom stereocenters. The molecule has 3 rings (SSSR count). The molecule has 0 radical (unpaired) electrons. The highest BCUT2D eigenvalue weighted by Gasteiger charge is 2.36. The van der Waals surface area contributed by atoms with Crippen LogP contribution >= 0.6 is 0 Å². The molecule has 0 bridgehead atoms. The van der Waals surface area contributed by atoms with Crippen molar-refractivity contribution >= 4 is 16.7 Å². The maximum absolute atomic E-state index is 13.2. The first kappa shape index (κ1) is 17.7. The number of fused-ring (bicyclic) bond motifs is 1. The molecule has 0 aliphatic heterocycles. The van der Waals surface area contributed by atoms with E-state index in [4.69, 9.17) is 9.47 Å². The molecule has 3 aromatic rings. The maximum Gasteiger partial charge on any atom is 0.451 e. The first-order chi connectivity index (χ1) is 12.4. The topological polar surface area (TPSA) is 69.2 Å². The van der Waals surface area contributed by atoms with Gasteiger partial charge in [0.15, 0.2) is 11.5 Å². The van der Waals surface area contributed by atoms with Crippen LogP contribution in [-0.4, -0.2) is 29.2 Å². The highest BCUT2D eigenvalue weighted by atomic mass is 19.4. The number of hydrogen-bond acceptors (Lipinski definition) is 6. The van der Waals surface area contributed by atoms with Crippen LogP contribution in [0.3, 0.4) is 0 Å². The number of rotatable bonds is 5. The van der Waals surface area contributed by atoms with Crippen LogP contribution in [0.25, 0.3) is 10.9 Å². The van der Waals surface area contributed by atoms with Crippen molar-refractivity contribution in [1.29, 1.82) is 0 Å². The Kier molecular flexibility index (Phi) is 4.79. The summed E-state index contributed by atoms with van der Waals surface area (Å²) in [6.07, 6.45) is -3.10. The molecule has 0 fully saturated rings. The van der Waals surface area contributed by atoms with Gasteiger partial charge in [0.1, 0.15) is 11.3 Å². The van der Waals surface area contributed by atoms with E-state index in [1.54, 1.807) is 36.5 Å². The van der Waals surface area contributed by atoms with Crippen LogP contribution in [0.4, 0.5) is 19.0 Å². The predicted octanol–water partition coefficient (Wildman–Crippen LogP) is 3.67. The van der Waals surface area contributed by atoms with Crippen LogP contribution in [0.15, 0.2) is 36.5 Å². The quantitative estimate of drug-likeness (QED) is 0.745. The van der Waals surface area contributed by atoms with Crippen molar-refractivity contribution in [3.05, 3.63) is 48.0 Å². The van der Waals surface area contributed by atoms with E-state index in [0.29, 0.717) is 11.1 Å². The Bertz CT molecular complexity index is 917. The molecule has 2 aromatic heterocycles. The lowest BCUT2D eigenvalue weighted by Crippen LogP contribution is -2.14. The van der Waals surface area contributed by atoms with Gasteiger partial charge in [-0.2, -0.15) is 13.2 Å². The number of hydrogen-bond donors (Lipinski definition) is 1. The van der Waals surface area contributed by atoms with Crippen molar-refractivity contribution in [3.63, 3.8) is 0 Å². The van der Waals surface area contributed by atoms with E-state index < -0.39 is 12.0 Å². The fourth-order valence-electron chi connectivity index (χ4n) is 2.45. The molecule has 1 N–H and O–H groups in total. The highest BCUT2D eigenvalue weighted by Crippen LogP contribution is 2.38. The molecule has 9 heteroatoms. The summed E-state index contributed by atoms with van der Waals surface area (Å²) in [5, 5.41) is 3.28. The van der Waals surface area contributed by atoms with Crippen molar-refractivity contribution in [1.82, 2.24) is 15.0 Å². The van der Waals surface area contributed by atoms with Gasteiger partial charge in [-0.05, 0) is 24.3 Å². The number of nitrogens with one attached hydrogen (secondary N) is 1. The van der Waals surface area contributed by atoms with Gasteiger partial charge in [0.2, 0.25) is 5.82 Å². The Hall–Kier alpha value is -3.10. The molecule has 6 nitrogen and oxygen atoms in total. The Balaban J connectivity index is 2.13. The summed E-state index contributed by atoms with van der Waals surface area (Å²) in [6, 6.07) is 8.46. The predicted molar refractivity (Wildman–Crippen MR) is 89.2 cm³/mol. The normalized spacial score (nSPS) is 11.4. The fraction of sp³-hybridized carbons (Fsp3) is 0.235. The van der Waals surface area contributed by atoms with Crippen LogP contribution in [0, 0.1) is 0 Å². The lowest BCUT2D eigenvalue weighted by Gasteiger charge is -2.15. The van der Waals surface area contributed by atoms with E-state index in [0.717, 1.165) is 0 Å². The minimum Gasteiger partial charge on any atom is -0.493 e. The van der Waals surface area contributed by atoms with Crippen molar-refractivity contribution in [2.24, 2.45) is 0 Å². The molecule has 0 spiro atoms. The molecule has 0 aliphatic carbocycles. The molecule has 1 aromatic carbocycles. The molecule has 26 heavy (non-hydrogen) atoms. The van der Waals surface area contributed by atoms with E-state index >= 15 is 0 Å². The third-order valence-electron chi connectivity index (χ3n) is 3.63. The first-order valence-electron chi connectivity index (χ1n) is 7.57. The number of methoxy groups -OCH3 is 2. The molecule has 0 aliphatic rings. The SMILES string of the molecule is COc1ccc2c(NCc3ccccn3)nc(C(F)(F)F)nc2c1OC. The van der Waals surface area contributed by atoms with Gasteiger partial charge in [0, 0.05) is 11.6 Å².